The van der Waals surface area contributed by atoms with E-state index in [1.54, 1.807) is 0 Å². The second kappa shape index (κ2) is 8.43. The molecule has 10 heteroatoms. The van der Waals surface area contributed by atoms with Crippen molar-refractivity contribution in [2.24, 2.45) is 0 Å². The molecule has 0 aliphatic rings. The van der Waals surface area contributed by atoms with Crippen LogP contribution in [0.5, 0.6) is 5.75 Å². The van der Waals surface area contributed by atoms with Crippen LogP contribution in [-0.4, -0.2) is 34.1 Å². The van der Waals surface area contributed by atoms with Gasteiger partial charge in [0.25, 0.3) is 11.1 Å². The number of alkyl halides is 3. The molecule has 0 saturated heterocycles. The fourth-order valence-corrected chi connectivity index (χ4v) is 2.61. The number of hydrogen-bond acceptors (Lipinski definition) is 6. The first-order chi connectivity index (χ1) is 12.1. The first-order valence-corrected chi connectivity index (χ1v) is 8.55. The Balaban J connectivity index is 1.87. The third kappa shape index (κ3) is 6.25. The van der Waals surface area contributed by atoms with Crippen LogP contribution >= 0.6 is 11.8 Å². The number of nitrogens with zero attached hydrogens (tertiary/aromatic N) is 2. The van der Waals surface area contributed by atoms with E-state index in [1.807, 2.05) is 37.4 Å². The number of carbonyl (C=O) groups excluding carboxylic acids is 1. The minimum atomic E-state index is -4.46. The Labute approximate surface area is 152 Å². The number of amides is 1. The molecule has 0 radical (unpaired) electrons. The average molecular weight is 389 g/mol. The molecule has 1 aromatic heterocycles. The molecule has 2 aromatic rings. The van der Waals surface area contributed by atoms with E-state index in [4.69, 9.17) is 9.15 Å². The van der Waals surface area contributed by atoms with Gasteiger partial charge >= 0.3 is 6.18 Å². The molecule has 2 rings (SSSR count). The van der Waals surface area contributed by atoms with E-state index >= 15 is 0 Å². The molecule has 0 saturated carbocycles. The largest absolute Gasteiger partial charge is 0.484 e. The highest BCUT2D eigenvalue weighted by Gasteiger charge is 2.29. The van der Waals surface area contributed by atoms with Crippen LogP contribution in [0.25, 0.3) is 0 Å². The second-order valence-corrected chi connectivity index (χ2v) is 6.90. The summed E-state index contributed by atoms with van der Waals surface area (Å²) < 4.78 is 47.3. The van der Waals surface area contributed by atoms with Crippen LogP contribution in [0.3, 0.4) is 0 Å². The van der Waals surface area contributed by atoms with Crippen LogP contribution in [0.2, 0.25) is 0 Å². The van der Waals surface area contributed by atoms with Gasteiger partial charge in [-0.1, -0.05) is 23.9 Å². The standard InChI is InChI=1S/C16H18F3N3O3S/c1-9-4-5-10(2)12(6-9)24-7-13-21-22-15(25-13)26-11(3)14(23)20-8-16(17,18)19/h4-6,11H,7-8H2,1-3H3,(H,20,23). The number of carbonyl (C=O) groups is 1. The molecule has 1 aromatic carbocycles. The quantitative estimate of drug-likeness (QED) is 0.731. The van der Waals surface area contributed by atoms with E-state index < -0.39 is 23.9 Å². The van der Waals surface area contributed by atoms with Crippen LogP contribution in [0.4, 0.5) is 13.2 Å². The Morgan fingerprint density at radius 2 is 2.08 bits per heavy atom. The number of aryl methyl sites for hydroxylation is 2. The van der Waals surface area contributed by atoms with E-state index in [0.29, 0.717) is 5.75 Å². The molecule has 0 aliphatic carbocycles. The molecule has 1 heterocycles. The van der Waals surface area contributed by atoms with Gasteiger partial charge in [0.15, 0.2) is 6.61 Å². The van der Waals surface area contributed by atoms with Crippen LogP contribution in [0, 0.1) is 13.8 Å². The number of thioether (sulfide) groups is 1. The molecule has 6 nitrogen and oxygen atoms in total. The summed E-state index contributed by atoms with van der Waals surface area (Å²) >= 11 is 0.875. The molecule has 0 spiro atoms. The van der Waals surface area contributed by atoms with Gasteiger partial charge < -0.3 is 14.5 Å². The van der Waals surface area contributed by atoms with Gasteiger partial charge in [-0.2, -0.15) is 13.2 Å². The van der Waals surface area contributed by atoms with Crippen molar-refractivity contribution >= 4 is 17.7 Å². The number of nitrogens with one attached hydrogen (secondary N) is 1. The summed E-state index contributed by atoms with van der Waals surface area (Å²) in [6.07, 6.45) is -4.46. The zero-order valence-electron chi connectivity index (χ0n) is 14.4. The minimum absolute atomic E-state index is 0.0481. The Kier molecular flexibility index (Phi) is 6.52. The third-order valence-corrected chi connectivity index (χ3v) is 4.19. The minimum Gasteiger partial charge on any atom is -0.484 e. The van der Waals surface area contributed by atoms with Crippen molar-refractivity contribution in [1.82, 2.24) is 15.5 Å². The highest BCUT2D eigenvalue weighted by atomic mass is 32.2. The molecular formula is C16H18F3N3O3S. The van der Waals surface area contributed by atoms with Crippen molar-refractivity contribution in [3.63, 3.8) is 0 Å². The van der Waals surface area contributed by atoms with E-state index in [1.165, 1.54) is 6.92 Å². The molecule has 142 valence electrons. The lowest BCUT2D eigenvalue weighted by Gasteiger charge is -2.11. The maximum absolute atomic E-state index is 12.1. The summed E-state index contributed by atoms with van der Waals surface area (Å²) in [5.41, 5.74) is 2.01. The van der Waals surface area contributed by atoms with Gasteiger partial charge in [0.05, 0.1) is 5.25 Å². The predicted octanol–water partition coefficient (Wildman–Crippen LogP) is 3.42. The zero-order valence-corrected chi connectivity index (χ0v) is 15.2. The Morgan fingerprint density at radius 3 is 2.77 bits per heavy atom. The van der Waals surface area contributed by atoms with Crippen molar-refractivity contribution in [3.8, 4) is 5.75 Å². The summed E-state index contributed by atoms with van der Waals surface area (Å²) in [5.74, 6) is 0.132. The third-order valence-electron chi connectivity index (χ3n) is 3.25. The summed E-state index contributed by atoms with van der Waals surface area (Å²) in [5, 5.41) is 8.65. The molecule has 1 amide bonds. The Morgan fingerprint density at radius 1 is 1.35 bits per heavy atom. The summed E-state index contributed by atoms with van der Waals surface area (Å²) in [7, 11) is 0. The van der Waals surface area contributed by atoms with E-state index in [-0.39, 0.29) is 17.7 Å². The van der Waals surface area contributed by atoms with Gasteiger partial charge in [-0.05, 0) is 38.0 Å². The van der Waals surface area contributed by atoms with Crippen LogP contribution in [0.1, 0.15) is 23.9 Å². The topological polar surface area (TPSA) is 77.2 Å². The summed E-state index contributed by atoms with van der Waals surface area (Å²) in [6, 6.07) is 5.78. The maximum Gasteiger partial charge on any atom is 0.405 e. The zero-order chi connectivity index (χ0) is 19.3. The van der Waals surface area contributed by atoms with Gasteiger partial charge in [-0.15, -0.1) is 10.2 Å². The van der Waals surface area contributed by atoms with Gasteiger partial charge in [0.2, 0.25) is 5.91 Å². The molecule has 0 bridgehead atoms. The van der Waals surface area contributed by atoms with Crippen LogP contribution in [0.15, 0.2) is 27.8 Å². The first kappa shape index (κ1) is 20.1. The molecular weight excluding hydrogens is 371 g/mol. The van der Waals surface area contributed by atoms with E-state index in [2.05, 4.69) is 10.2 Å². The Hall–Kier alpha value is -2.23. The summed E-state index contributed by atoms with van der Waals surface area (Å²) in [6.45, 7) is 3.97. The van der Waals surface area contributed by atoms with Crippen molar-refractivity contribution in [2.75, 3.05) is 6.54 Å². The highest BCUT2D eigenvalue weighted by molar-refractivity contribution is 8.00. The number of halogens is 3. The number of benzene rings is 1. The Bertz CT molecular complexity index is 765. The molecule has 0 fully saturated rings. The molecule has 1 N–H and O–H groups in total. The number of aromatic nitrogens is 2. The van der Waals surface area contributed by atoms with Crippen molar-refractivity contribution in [3.05, 3.63) is 35.2 Å². The van der Waals surface area contributed by atoms with Crippen molar-refractivity contribution < 1.29 is 27.1 Å². The van der Waals surface area contributed by atoms with Crippen LogP contribution < -0.4 is 10.1 Å². The molecule has 1 unspecified atom stereocenters. The van der Waals surface area contributed by atoms with Gasteiger partial charge in [0.1, 0.15) is 12.3 Å². The maximum atomic E-state index is 12.1. The average Bonchev–Trinajstić information content (AvgIpc) is 3.00. The number of ether oxygens (including phenoxy) is 1. The summed E-state index contributed by atoms with van der Waals surface area (Å²) in [4.78, 5) is 11.6. The normalized spacial score (nSPS) is 12.7. The molecule has 0 aliphatic heterocycles. The van der Waals surface area contributed by atoms with Gasteiger partial charge in [-0.25, -0.2) is 0 Å². The van der Waals surface area contributed by atoms with Crippen LogP contribution in [-0.2, 0) is 11.4 Å². The monoisotopic (exact) mass is 389 g/mol. The smallest absolute Gasteiger partial charge is 0.405 e. The van der Waals surface area contributed by atoms with E-state index in [0.717, 1.165) is 22.9 Å². The fourth-order valence-electron chi connectivity index (χ4n) is 1.88. The first-order valence-electron chi connectivity index (χ1n) is 7.67. The highest BCUT2D eigenvalue weighted by Crippen LogP contribution is 2.24. The molecule has 1 atom stereocenters. The second-order valence-electron chi connectivity index (χ2n) is 5.61. The number of rotatable bonds is 7. The lowest BCUT2D eigenvalue weighted by molar-refractivity contribution is -0.137. The molecule has 26 heavy (non-hydrogen) atoms. The lowest BCUT2D eigenvalue weighted by Crippen LogP contribution is -2.37. The van der Waals surface area contributed by atoms with Crippen molar-refractivity contribution in [1.29, 1.82) is 0 Å². The lowest BCUT2D eigenvalue weighted by atomic mass is 10.1. The fraction of sp³-hybridized carbons (Fsp3) is 0.438. The van der Waals surface area contributed by atoms with Gasteiger partial charge in [-0.3, -0.25) is 4.79 Å². The van der Waals surface area contributed by atoms with Crippen molar-refractivity contribution in [2.45, 2.75) is 44.0 Å². The van der Waals surface area contributed by atoms with E-state index in [9.17, 15) is 18.0 Å². The number of hydrogen-bond donors (Lipinski definition) is 1. The predicted molar refractivity (Wildman–Crippen MR) is 88.9 cm³/mol. The SMILES string of the molecule is Cc1ccc(C)c(OCc2nnc(SC(C)C(=O)NCC(F)(F)F)o2)c1. The van der Waals surface area contributed by atoms with Gasteiger partial charge in [0, 0.05) is 0 Å².